The number of ether oxygens (including phenoxy) is 4. The molecule has 0 aromatic heterocycles. The second-order valence-corrected chi connectivity index (χ2v) is 8.86. The molecule has 0 atom stereocenters. The molecule has 1 aliphatic rings. The van der Waals surface area contributed by atoms with Crippen LogP contribution >= 0.6 is 0 Å². The van der Waals surface area contributed by atoms with Crippen molar-refractivity contribution >= 4 is 0 Å². The van der Waals surface area contributed by atoms with Crippen LogP contribution in [0.1, 0.15) is 40.5 Å². The molecular weight excluding hydrogens is 432 g/mol. The van der Waals surface area contributed by atoms with Crippen LogP contribution in [-0.4, -0.2) is 151 Å². The third-order valence-electron chi connectivity index (χ3n) is 6.39. The minimum absolute atomic E-state index is 0.791. The lowest BCUT2D eigenvalue weighted by molar-refractivity contribution is 0.0759. The number of hydrogen-bond donors (Lipinski definition) is 0. The van der Waals surface area contributed by atoms with Crippen LogP contribution in [0.5, 0.6) is 0 Å². The molecule has 1 rings (SSSR count). The van der Waals surface area contributed by atoms with Crippen LogP contribution < -0.4 is 0 Å². The first-order chi connectivity index (χ1) is 16.7. The molecule has 8 nitrogen and oxygen atoms in total. The number of hydrogen-bond acceptors (Lipinski definition) is 8. The molecule has 1 heterocycles. The summed E-state index contributed by atoms with van der Waals surface area (Å²) in [4.78, 5) is 10.4. The summed E-state index contributed by atoms with van der Waals surface area (Å²) in [6, 6.07) is 0. The van der Waals surface area contributed by atoms with E-state index < -0.39 is 0 Å². The van der Waals surface area contributed by atoms with Crippen LogP contribution in [0, 0.1) is 0 Å². The first-order valence-corrected chi connectivity index (χ1v) is 13.9. The second-order valence-electron chi connectivity index (χ2n) is 8.86. The molecule has 0 spiro atoms. The molecule has 34 heavy (non-hydrogen) atoms. The Morgan fingerprint density at radius 2 is 0.618 bits per heavy atom. The Balaban J connectivity index is 2.76. The molecule has 0 aromatic carbocycles. The maximum absolute atomic E-state index is 5.67. The van der Waals surface area contributed by atoms with Crippen molar-refractivity contribution in [3.05, 3.63) is 0 Å². The van der Waals surface area contributed by atoms with E-state index in [4.69, 9.17) is 18.9 Å². The molecule has 0 amide bonds. The van der Waals surface area contributed by atoms with Gasteiger partial charge in [0.2, 0.25) is 0 Å². The van der Waals surface area contributed by atoms with Gasteiger partial charge in [-0.2, -0.15) is 0 Å². The van der Waals surface area contributed by atoms with Gasteiger partial charge in [-0.3, -0.25) is 19.6 Å². The molecule has 0 N–H and O–H groups in total. The zero-order chi connectivity index (χ0) is 24.7. The molecule has 0 aromatic rings. The molecular formula is C26H56N4O4. The molecule has 0 radical (unpaired) electrons. The van der Waals surface area contributed by atoms with Crippen molar-refractivity contribution in [1.82, 2.24) is 19.6 Å². The van der Waals surface area contributed by atoms with E-state index in [9.17, 15) is 0 Å². The van der Waals surface area contributed by atoms with Crippen LogP contribution in [0.25, 0.3) is 0 Å². The fourth-order valence-electron chi connectivity index (χ4n) is 4.30. The maximum Gasteiger partial charge on any atom is 0.0593 e. The Morgan fingerprint density at radius 1 is 0.382 bits per heavy atom. The molecule has 0 saturated carbocycles. The molecule has 1 fully saturated rings. The van der Waals surface area contributed by atoms with Gasteiger partial charge < -0.3 is 18.9 Å². The van der Waals surface area contributed by atoms with E-state index in [0.29, 0.717) is 0 Å². The van der Waals surface area contributed by atoms with E-state index in [1.54, 1.807) is 0 Å². The van der Waals surface area contributed by atoms with Gasteiger partial charge in [-0.05, 0) is 66.7 Å². The van der Waals surface area contributed by atoms with Gasteiger partial charge in [0.25, 0.3) is 0 Å². The van der Waals surface area contributed by atoms with Crippen LogP contribution in [-0.2, 0) is 18.9 Å². The van der Waals surface area contributed by atoms with Gasteiger partial charge in [0.1, 0.15) is 0 Å². The quantitative estimate of drug-likeness (QED) is 0.306. The summed E-state index contributed by atoms with van der Waals surface area (Å²) in [5.41, 5.74) is 0. The van der Waals surface area contributed by atoms with Crippen molar-refractivity contribution in [1.29, 1.82) is 0 Å². The number of rotatable bonds is 16. The van der Waals surface area contributed by atoms with Crippen LogP contribution in [0.3, 0.4) is 0 Å². The topological polar surface area (TPSA) is 49.9 Å². The predicted octanol–water partition coefficient (Wildman–Crippen LogP) is 2.13. The van der Waals surface area contributed by atoms with Crippen molar-refractivity contribution in [2.75, 3.05) is 131 Å². The maximum atomic E-state index is 5.67. The average molecular weight is 489 g/mol. The first-order valence-electron chi connectivity index (χ1n) is 13.9. The highest BCUT2D eigenvalue weighted by molar-refractivity contribution is 4.70. The van der Waals surface area contributed by atoms with Gasteiger partial charge >= 0.3 is 0 Å². The van der Waals surface area contributed by atoms with Crippen molar-refractivity contribution in [3.63, 3.8) is 0 Å². The zero-order valence-corrected chi connectivity index (χ0v) is 23.0. The predicted molar refractivity (Wildman–Crippen MR) is 141 cm³/mol. The smallest absolute Gasteiger partial charge is 0.0593 e. The molecule has 0 aliphatic carbocycles. The normalized spacial score (nSPS) is 19.4. The third kappa shape index (κ3) is 17.2. The molecule has 0 bridgehead atoms. The van der Waals surface area contributed by atoms with Crippen LogP contribution in [0.15, 0.2) is 0 Å². The summed E-state index contributed by atoms with van der Waals surface area (Å²) in [6.07, 6.45) is 2.35. The van der Waals surface area contributed by atoms with E-state index in [0.717, 1.165) is 131 Å². The van der Waals surface area contributed by atoms with Gasteiger partial charge in [-0.1, -0.05) is 0 Å². The SMILES string of the molecule is CCOCCN1CCCN(CCOCC)CCN(CCOCC)CCCN(CCOCC)CC1. The minimum Gasteiger partial charge on any atom is -0.380 e. The van der Waals surface area contributed by atoms with Gasteiger partial charge in [-0.25, -0.2) is 0 Å². The largest absolute Gasteiger partial charge is 0.380 e. The van der Waals surface area contributed by atoms with Crippen molar-refractivity contribution in [2.24, 2.45) is 0 Å². The Morgan fingerprint density at radius 3 is 0.824 bits per heavy atom. The summed E-state index contributed by atoms with van der Waals surface area (Å²) in [5.74, 6) is 0. The highest BCUT2D eigenvalue weighted by atomic mass is 16.5. The third-order valence-corrected chi connectivity index (χ3v) is 6.39. The van der Waals surface area contributed by atoms with Gasteiger partial charge in [-0.15, -0.1) is 0 Å². The minimum atomic E-state index is 0.791. The van der Waals surface area contributed by atoms with E-state index in [-0.39, 0.29) is 0 Å². The van der Waals surface area contributed by atoms with Gasteiger partial charge in [0.15, 0.2) is 0 Å². The van der Waals surface area contributed by atoms with E-state index in [1.165, 1.54) is 12.8 Å². The monoisotopic (exact) mass is 488 g/mol. The van der Waals surface area contributed by atoms with Crippen molar-refractivity contribution in [2.45, 2.75) is 40.5 Å². The van der Waals surface area contributed by atoms with Crippen molar-refractivity contribution < 1.29 is 18.9 Å². The average Bonchev–Trinajstić information content (AvgIpc) is 2.84. The van der Waals surface area contributed by atoms with Gasteiger partial charge in [0, 0.05) is 78.8 Å². The zero-order valence-electron chi connectivity index (χ0n) is 23.0. The molecule has 8 heteroatoms. The van der Waals surface area contributed by atoms with Crippen LogP contribution in [0.4, 0.5) is 0 Å². The Bertz CT molecular complexity index is 360. The Hall–Kier alpha value is -0.320. The molecule has 1 aliphatic heterocycles. The molecule has 204 valence electrons. The Labute approximate surface area is 210 Å². The summed E-state index contributed by atoms with van der Waals surface area (Å²) in [6.45, 7) is 27.6. The highest BCUT2D eigenvalue weighted by Gasteiger charge is 2.15. The standard InChI is InChI=1S/C26H56N4O4/c1-5-31-23-19-27-11-9-12-29(21-25-33-7-3)17-18-30(22-26-34-8-4)14-10-13-28(16-15-27)20-24-32-6-2/h5-26H2,1-4H3. The van der Waals surface area contributed by atoms with E-state index in [1.807, 2.05) is 0 Å². The fraction of sp³-hybridized carbons (Fsp3) is 1.00. The summed E-state index contributed by atoms with van der Waals surface area (Å²) in [7, 11) is 0. The summed E-state index contributed by atoms with van der Waals surface area (Å²) < 4.78 is 22.7. The Kier molecular flexibility index (Phi) is 21.5. The molecule has 0 unspecified atom stereocenters. The van der Waals surface area contributed by atoms with Crippen LogP contribution in [0.2, 0.25) is 0 Å². The van der Waals surface area contributed by atoms with E-state index in [2.05, 4.69) is 47.3 Å². The lowest BCUT2D eigenvalue weighted by Crippen LogP contribution is -2.43. The lowest BCUT2D eigenvalue weighted by atomic mass is 10.2. The molecule has 1 saturated heterocycles. The van der Waals surface area contributed by atoms with Gasteiger partial charge in [0.05, 0.1) is 26.4 Å². The second kappa shape index (κ2) is 23.1. The first kappa shape index (κ1) is 31.7. The van der Waals surface area contributed by atoms with Crippen molar-refractivity contribution in [3.8, 4) is 0 Å². The lowest BCUT2D eigenvalue weighted by Gasteiger charge is -2.32. The highest BCUT2D eigenvalue weighted by Crippen LogP contribution is 2.04. The fourth-order valence-corrected chi connectivity index (χ4v) is 4.30. The van der Waals surface area contributed by atoms with E-state index >= 15 is 0 Å². The summed E-state index contributed by atoms with van der Waals surface area (Å²) in [5, 5.41) is 0. The summed E-state index contributed by atoms with van der Waals surface area (Å²) >= 11 is 0. The number of nitrogens with zero attached hydrogens (tertiary/aromatic N) is 4.